The molecule has 1 aliphatic carbocycles. The number of amides is 1. The Kier molecular flexibility index (Phi) is 11.2. The van der Waals surface area contributed by atoms with Crippen molar-refractivity contribution in [2.45, 2.75) is 101 Å². The zero-order valence-electron chi connectivity index (χ0n) is 18.9. The zero-order valence-corrected chi connectivity index (χ0v) is 19.7. The van der Waals surface area contributed by atoms with Gasteiger partial charge in [-0.3, -0.25) is 9.59 Å². The van der Waals surface area contributed by atoms with Gasteiger partial charge in [-0.2, -0.15) is 0 Å². The number of aliphatic hydroxyl groups is 1. The lowest BCUT2D eigenvalue weighted by molar-refractivity contribution is -0.124. The molecule has 2 rings (SSSR count). The van der Waals surface area contributed by atoms with Crippen LogP contribution in [0.4, 0.5) is 0 Å². The van der Waals surface area contributed by atoms with Crippen molar-refractivity contribution in [1.29, 1.82) is 0 Å². The molecule has 176 valence electrons. The van der Waals surface area contributed by atoms with Gasteiger partial charge in [-0.25, -0.2) is 0 Å². The molecule has 1 saturated carbocycles. The molecule has 0 aromatic heterocycles. The molecule has 0 unspecified atom stereocenters. The topological polar surface area (TPSA) is 88.2 Å². The molecule has 1 saturated heterocycles. The van der Waals surface area contributed by atoms with E-state index in [0.717, 1.165) is 12.8 Å². The van der Waals surface area contributed by atoms with Gasteiger partial charge in [0.25, 0.3) is 0 Å². The standard InChI is InChI=1S/C24H38ClNO5/c1-3-4-5-6-8-11-19(30-2)12-9-7-10-13-22(29)26-17-18(16-25)24-21(28)15-14-20(27)23(24)31-24/h7,9,16,19-20,23,27H,3-6,8,10-15,17H2,1-2H3,(H,26,29)/b9-7+,18-16+/t19-,20-,23-,24+/m0/s1. The van der Waals surface area contributed by atoms with Crippen molar-refractivity contribution in [2.75, 3.05) is 13.7 Å². The van der Waals surface area contributed by atoms with E-state index in [1.54, 1.807) is 7.11 Å². The van der Waals surface area contributed by atoms with Gasteiger partial charge in [0.2, 0.25) is 5.91 Å². The molecule has 0 radical (unpaired) electrons. The number of carbonyl (C=O) groups excluding carboxylic acids is 2. The molecule has 1 amide bonds. The van der Waals surface area contributed by atoms with E-state index in [2.05, 4.69) is 18.3 Å². The summed E-state index contributed by atoms with van der Waals surface area (Å²) >= 11 is 5.91. The average molecular weight is 456 g/mol. The maximum atomic E-state index is 12.3. The maximum absolute atomic E-state index is 12.3. The Labute approximate surface area is 191 Å². The van der Waals surface area contributed by atoms with Crippen LogP contribution in [0.25, 0.3) is 0 Å². The highest BCUT2D eigenvalue weighted by atomic mass is 35.5. The third-order valence-electron chi connectivity index (χ3n) is 6.24. The molecule has 0 aromatic carbocycles. The van der Waals surface area contributed by atoms with Gasteiger partial charge < -0.3 is 19.9 Å². The number of hydrogen-bond acceptors (Lipinski definition) is 5. The Hall–Kier alpha value is -1.21. The fraction of sp³-hybridized carbons (Fsp3) is 0.750. The van der Waals surface area contributed by atoms with Gasteiger partial charge in [0.05, 0.1) is 12.2 Å². The van der Waals surface area contributed by atoms with E-state index < -0.39 is 17.8 Å². The minimum atomic E-state index is -1.14. The molecule has 6 nitrogen and oxygen atoms in total. The van der Waals surface area contributed by atoms with Crippen LogP contribution >= 0.6 is 11.6 Å². The van der Waals surface area contributed by atoms with Gasteiger partial charge >= 0.3 is 0 Å². The van der Waals surface area contributed by atoms with Crippen molar-refractivity contribution >= 4 is 23.3 Å². The quantitative estimate of drug-likeness (QED) is 0.219. The summed E-state index contributed by atoms with van der Waals surface area (Å²) in [6, 6.07) is 0. The maximum Gasteiger partial charge on any atom is 0.220 e. The molecule has 0 bridgehead atoms. The predicted molar refractivity (Wildman–Crippen MR) is 122 cm³/mol. The molecule has 7 heteroatoms. The molecule has 2 fully saturated rings. The zero-order chi connectivity index (χ0) is 22.7. The second kappa shape index (κ2) is 13.4. The summed E-state index contributed by atoms with van der Waals surface area (Å²) in [7, 11) is 1.75. The molecular weight excluding hydrogens is 418 g/mol. The lowest BCUT2D eigenvalue weighted by Gasteiger charge is -2.22. The monoisotopic (exact) mass is 455 g/mol. The first-order valence-corrected chi connectivity index (χ1v) is 12.1. The van der Waals surface area contributed by atoms with Crippen LogP contribution in [0.2, 0.25) is 0 Å². The molecule has 1 heterocycles. The van der Waals surface area contributed by atoms with Crippen LogP contribution in [-0.4, -0.2) is 54.4 Å². The summed E-state index contributed by atoms with van der Waals surface area (Å²) in [4.78, 5) is 24.5. The van der Waals surface area contributed by atoms with Crippen LogP contribution in [0.3, 0.4) is 0 Å². The highest BCUT2D eigenvalue weighted by molar-refractivity contribution is 6.26. The van der Waals surface area contributed by atoms with E-state index in [1.807, 2.05) is 6.08 Å². The Balaban J connectivity index is 1.64. The molecule has 31 heavy (non-hydrogen) atoms. The Morgan fingerprint density at radius 3 is 2.84 bits per heavy atom. The Bertz CT molecular complexity index is 650. The van der Waals surface area contributed by atoms with Gasteiger partial charge in [-0.1, -0.05) is 62.8 Å². The number of aliphatic hydroxyl groups excluding tert-OH is 1. The smallest absolute Gasteiger partial charge is 0.220 e. The van der Waals surface area contributed by atoms with Gasteiger partial charge in [0, 0.05) is 37.6 Å². The lowest BCUT2D eigenvalue weighted by Crippen LogP contribution is -2.42. The molecule has 4 atom stereocenters. The molecule has 0 aromatic rings. The van der Waals surface area contributed by atoms with Gasteiger partial charge in [0.1, 0.15) is 6.10 Å². The third-order valence-corrected chi connectivity index (χ3v) is 6.50. The fourth-order valence-electron chi connectivity index (χ4n) is 4.21. The van der Waals surface area contributed by atoms with E-state index in [4.69, 9.17) is 21.1 Å². The average Bonchev–Trinajstić information content (AvgIpc) is 3.53. The predicted octanol–water partition coefficient (Wildman–Crippen LogP) is 4.19. The molecular formula is C24H38ClNO5. The third kappa shape index (κ3) is 7.41. The van der Waals surface area contributed by atoms with Crippen molar-refractivity contribution in [1.82, 2.24) is 5.32 Å². The number of halogens is 1. The minimum absolute atomic E-state index is 0.0788. The first-order valence-electron chi connectivity index (χ1n) is 11.6. The number of rotatable bonds is 15. The highest BCUT2D eigenvalue weighted by Gasteiger charge is 2.68. The number of unbranched alkanes of at least 4 members (excludes halogenated alkanes) is 4. The van der Waals surface area contributed by atoms with Crippen LogP contribution in [0.1, 0.15) is 77.6 Å². The van der Waals surface area contributed by atoms with Crippen LogP contribution in [0.15, 0.2) is 23.3 Å². The number of methoxy groups -OCH3 is 1. The SMILES string of the molecule is CCCCCCC[C@@H](C/C=C/CCC(=O)NC/C(=C\Cl)[C@]12O[C@H]1[C@@H](O)CCC2=O)OC. The Morgan fingerprint density at radius 1 is 1.35 bits per heavy atom. The number of epoxide rings is 1. The molecule has 2 aliphatic rings. The Morgan fingerprint density at radius 2 is 2.13 bits per heavy atom. The summed E-state index contributed by atoms with van der Waals surface area (Å²) in [5.41, 5.74) is 0.662. The van der Waals surface area contributed by atoms with Crippen molar-refractivity contribution in [3.63, 3.8) is 0 Å². The first-order chi connectivity index (χ1) is 15.0. The summed E-state index contributed by atoms with van der Waals surface area (Å²) in [6.07, 6.45) is 13.0. The number of Topliss-reactive ketones (excluding diaryl/α,β-unsaturated/α-hetero) is 1. The highest BCUT2D eigenvalue weighted by Crippen LogP contribution is 2.50. The largest absolute Gasteiger partial charge is 0.390 e. The number of ketones is 1. The van der Waals surface area contributed by atoms with Gasteiger partial charge in [0.15, 0.2) is 11.4 Å². The molecule has 2 N–H and O–H groups in total. The number of nitrogens with one attached hydrogen (secondary N) is 1. The number of allylic oxidation sites excluding steroid dienone is 1. The van der Waals surface area contributed by atoms with E-state index in [1.165, 1.54) is 37.6 Å². The lowest BCUT2D eigenvalue weighted by atomic mass is 9.81. The van der Waals surface area contributed by atoms with E-state index in [9.17, 15) is 14.7 Å². The van der Waals surface area contributed by atoms with Crippen molar-refractivity contribution in [3.8, 4) is 0 Å². The second-order valence-corrected chi connectivity index (χ2v) is 8.74. The normalized spacial score (nSPS) is 26.7. The number of fused-ring (bicyclic) bond motifs is 1. The van der Waals surface area contributed by atoms with Crippen LogP contribution in [-0.2, 0) is 19.1 Å². The summed E-state index contributed by atoms with van der Waals surface area (Å²) in [5, 5.41) is 12.8. The number of hydrogen-bond donors (Lipinski definition) is 2. The summed E-state index contributed by atoms with van der Waals surface area (Å²) < 4.78 is 11.1. The number of ether oxygens (including phenoxy) is 2. The van der Waals surface area contributed by atoms with Crippen molar-refractivity contribution in [2.24, 2.45) is 0 Å². The van der Waals surface area contributed by atoms with Crippen LogP contribution in [0, 0.1) is 0 Å². The van der Waals surface area contributed by atoms with Crippen molar-refractivity contribution < 1.29 is 24.2 Å². The molecule has 0 spiro atoms. The number of carbonyl (C=O) groups is 2. The van der Waals surface area contributed by atoms with Gasteiger partial charge in [-0.05, 0) is 25.7 Å². The van der Waals surface area contributed by atoms with Crippen LogP contribution in [0.5, 0.6) is 0 Å². The summed E-state index contributed by atoms with van der Waals surface area (Å²) in [5.74, 6) is -0.192. The van der Waals surface area contributed by atoms with Crippen molar-refractivity contribution in [3.05, 3.63) is 23.3 Å². The second-order valence-electron chi connectivity index (χ2n) is 8.52. The van der Waals surface area contributed by atoms with E-state index >= 15 is 0 Å². The van der Waals surface area contributed by atoms with E-state index in [0.29, 0.717) is 24.8 Å². The minimum Gasteiger partial charge on any atom is -0.390 e. The fourth-order valence-corrected chi connectivity index (χ4v) is 4.45. The molecule has 1 aliphatic heterocycles. The van der Waals surface area contributed by atoms with Crippen LogP contribution < -0.4 is 5.32 Å². The van der Waals surface area contributed by atoms with E-state index in [-0.39, 0.29) is 30.8 Å². The first kappa shape index (κ1) is 26.0. The van der Waals surface area contributed by atoms with Gasteiger partial charge in [-0.15, -0.1) is 0 Å². The summed E-state index contributed by atoms with van der Waals surface area (Å²) in [6.45, 7) is 2.36.